The summed E-state index contributed by atoms with van der Waals surface area (Å²) in [6.07, 6.45) is 2.58. The van der Waals surface area contributed by atoms with Crippen LogP contribution in [0.15, 0.2) is 0 Å². The summed E-state index contributed by atoms with van der Waals surface area (Å²) in [5.74, 6) is 4.90. The van der Waals surface area contributed by atoms with E-state index in [-0.39, 0.29) is 11.9 Å². The summed E-state index contributed by atoms with van der Waals surface area (Å²) < 4.78 is 0. The number of nitrogens with two attached hydrogens (primary N) is 1. The molecule has 0 aliphatic carbocycles. The lowest BCUT2D eigenvalue weighted by atomic mass is 10.0. The lowest BCUT2D eigenvalue weighted by Crippen LogP contribution is -2.55. The second kappa shape index (κ2) is 4.80. The Kier molecular flexibility index (Phi) is 3.70. The van der Waals surface area contributed by atoms with E-state index in [1.807, 2.05) is 0 Å². The molecule has 0 aromatic rings. The zero-order valence-corrected chi connectivity index (χ0v) is 8.25. The lowest BCUT2D eigenvalue weighted by molar-refractivity contribution is -0.125. The van der Waals surface area contributed by atoms with Crippen molar-refractivity contribution in [3.63, 3.8) is 0 Å². The third kappa shape index (κ3) is 2.14. The number of hydrogen-bond donors (Lipinski definition) is 3. The van der Waals surface area contributed by atoms with Gasteiger partial charge in [0, 0.05) is 13.6 Å². The third-order valence-electron chi connectivity index (χ3n) is 2.44. The molecule has 0 aromatic carbocycles. The van der Waals surface area contributed by atoms with Crippen molar-refractivity contribution in [1.82, 2.24) is 15.6 Å². The van der Waals surface area contributed by atoms with Crippen molar-refractivity contribution in [2.24, 2.45) is 5.84 Å². The van der Waals surface area contributed by atoms with Gasteiger partial charge in [-0.1, -0.05) is 0 Å². The van der Waals surface area contributed by atoms with Crippen LogP contribution >= 0.6 is 0 Å². The molecule has 3 amide bonds. The highest BCUT2D eigenvalue weighted by molar-refractivity contribution is 5.86. The van der Waals surface area contributed by atoms with Crippen molar-refractivity contribution in [2.75, 3.05) is 13.6 Å². The van der Waals surface area contributed by atoms with Gasteiger partial charge in [-0.2, -0.15) is 0 Å². The summed E-state index contributed by atoms with van der Waals surface area (Å²) in [6.45, 7) is 0.584. The van der Waals surface area contributed by atoms with Gasteiger partial charge in [0.2, 0.25) is 5.91 Å². The molecule has 1 aliphatic rings. The van der Waals surface area contributed by atoms with Gasteiger partial charge in [-0.05, 0) is 19.3 Å². The van der Waals surface area contributed by atoms with Crippen LogP contribution in [-0.4, -0.2) is 36.5 Å². The van der Waals surface area contributed by atoms with Crippen LogP contribution in [0.4, 0.5) is 4.79 Å². The highest BCUT2D eigenvalue weighted by atomic mass is 16.2. The van der Waals surface area contributed by atoms with E-state index in [0.29, 0.717) is 13.0 Å². The predicted octanol–water partition coefficient (Wildman–Crippen LogP) is -0.830. The molecule has 1 unspecified atom stereocenters. The highest BCUT2D eigenvalue weighted by Crippen LogP contribution is 2.16. The summed E-state index contributed by atoms with van der Waals surface area (Å²) in [6, 6.07) is -0.768. The molecular weight excluding hydrogens is 184 g/mol. The Morgan fingerprint density at radius 3 is 2.71 bits per heavy atom. The molecular formula is C8H16N4O2. The fourth-order valence-corrected chi connectivity index (χ4v) is 1.70. The molecule has 1 heterocycles. The van der Waals surface area contributed by atoms with Crippen LogP contribution in [0.5, 0.6) is 0 Å². The Morgan fingerprint density at radius 1 is 1.43 bits per heavy atom. The summed E-state index contributed by atoms with van der Waals surface area (Å²) >= 11 is 0. The number of carbonyl (C=O) groups excluding carboxylic acids is 2. The van der Waals surface area contributed by atoms with Crippen LogP contribution in [0, 0.1) is 0 Å². The molecule has 0 radical (unpaired) electrons. The lowest BCUT2D eigenvalue weighted by Gasteiger charge is -2.33. The molecule has 0 bridgehead atoms. The van der Waals surface area contributed by atoms with Gasteiger partial charge >= 0.3 is 6.03 Å². The van der Waals surface area contributed by atoms with Crippen LogP contribution in [0.1, 0.15) is 19.3 Å². The minimum atomic E-state index is -0.390. The van der Waals surface area contributed by atoms with E-state index < -0.39 is 6.03 Å². The molecule has 1 aliphatic heterocycles. The number of rotatable bonds is 1. The van der Waals surface area contributed by atoms with Gasteiger partial charge in [-0.15, -0.1) is 0 Å². The minimum Gasteiger partial charge on any atom is -0.357 e. The first-order chi connectivity index (χ1) is 6.70. The van der Waals surface area contributed by atoms with E-state index in [1.165, 1.54) is 4.90 Å². The predicted molar refractivity (Wildman–Crippen MR) is 51.1 cm³/mol. The first kappa shape index (κ1) is 10.8. The number of nitrogens with zero attached hydrogens (tertiary/aromatic N) is 1. The van der Waals surface area contributed by atoms with Crippen LogP contribution in [0.25, 0.3) is 0 Å². The quantitative estimate of drug-likeness (QED) is 0.293. The minimum absolute atomic E-state index is 0.131. The third-order valence-corrected chi connectivity index (χ3v) is 2.44. The Morgan fingerprint density at radius 2 is 2.14 bits per heavy atom. The average molecular weight is 200 g/mol. The molecule has 0 spiro atoms. The molecule has 1 rings (SSSR count). The van der Waals surface area contributed by atoms with E-state index >= 15 is 0 Å². The van der Waals surface area contributed by atoms with Crippen molar-refractivity contribution in [1.29, 1.82) is 0 Å². The molecule has 1 atom stereocenters. The number of amides is 3. The highest BCUT2D eigenvalue weighted by Gasteiger charge is 2.30. The van der Waals surface area contributed by atoms with Gasteiger partial charge in [0.15, 0.2) is 0 Å². The number of nitrogens with one attached hydrogen (secondary N) is 2. The molecule has 4 N–H and O–H groups in total. The largest absolute Gasteiger partial charge is 0.357 e. The molecule has 0 aromatic heterocycles. The number of hydrogen-bond acceptors (Lipinski definition) is 3. The molecule has 6 nitrogen and oxygen atoms in total. The van der Waals surface area contributed by atoms with E-state index in [0.717, 1.165) is 12.8 Å². The first-order valence-electron chi connectivity index (χ1n) is 4.69. The number of likely N-dealkylation sites (N-methyl/N-ethyl adjacent to an activating group) is 1. The van der Waals surface area contributed by atoms with Gasteiger partial charge in [0.05, 0.1) is 0 Å². The summed E-state index contributed by atoms with van der Waals surface area (Å²) in [5, 5.41) is 2.54. The van der Waals surface area contributed by atoms with Crippen molar-refractivity contribution < 1.29 is 9.59 Å². The summed E-state index contributed by atoms with van der Waals surface area (Å²) in [4.78, 5) is 24.2. The topological polar surface area (TPSA) is 87.5 Å². The van der Waals surface area contributed by atoms with Gasteiger partial charge in [-0.25, -0.2) is 10.6 Å². The number of carbonyl (C=O) groups is 2. The van der Waals surface area contributed by atoms with E-state index in [4.69, 9.17) is 5.84 Å². The van der Waals surface area contributed by atoms with Crippen molar-refractivity contribution in [2.45, 2.75) is 25.3 Å². The Labute approximate surface area is 82.8 Å². The van der Waals surface area contributed by atoms with Gasteiger partial charge in [0.25, 0.3) is 0 Å². The zero-order chi connectivity index (χ0) is 10.6. The van der Waals surface area contributed by atoms with Gasteiger partial charge < -0.3 is 10.2 Å². The molecule has 1 fully saturated rings. The molecule has 1 saturated heterocycles. The maximum absolute atomic E-state index is 11.4. The molecule has 0 saturated carbocycles. The summed E-state index contributed by atoms with van der Waals surface area (Å²) in [7, 11) is 1.56. The number of urea groups is 1. The normalized spacial score (nSPS) is 21.6. The fraction of sp³-hybridized carbons (Fsp3) is 0.750. The smallest absolute Gasteiger partial charge is 0.332 e. The van der Waals surface area contributed by atoms with Crippen molar-refractivity contribution in [3.05, 3.63) is 0 Å². The van der Waals surface area contributed by atoms with Crippen molar-refractivity contribution >= 4 is 11.9 Å². The maximum Gasteiger partial charge on any atom is 0.332 e. The van der Waals surface area contributed by atoms with E-state index in [1.54, 1.807) is 7.05 Å². The standard InChI is InChI=1S/C8H16N4O2/c1-10-7(13)6-4-2-3-5-12(6)8(14)11-9/h6H,2-5,9H2,1H3,(H,10,13)(H,11,14). The Bertz CT molecular complexity index is 207. The molecule has 6 heteroatoms. The van der Waals surface area contributed by atoms with Gasteiger partial charge in [0.1, 0.15) is 6.04 Å². The van der Waals surface area contributed by atoms with Crippen LogP contribution in [0.3, 0.4) is 0 Å². The number of piperidine rings is 1. The number of hydrazine groups is 1. The average Bonchev–Trinajstić information content (AvgIpc) is 2.27. The number of likely N-dealkylation sites (tertiary alicyclic amines) is 1. The maximum atomic E-state index is 11.4. The fourth-order valence-electron chi connectivity index (χ4n) is 1.70. The monoisotopic (exact) mass is 200 g/mol. The van der Waals surface area contributed by atoms with Crippen LogP contribution in [0.2, 0.25) is 0 Å². The molecule has 80 valence electrons. The van der Waals surface area contributed by atoms with Crippen molar-refractivity contribution in [3.8, 4) is 0 Å². The zero-order valence-electron chi connectivity index (χ0n) is 8.25. The molecule has 14 heavy (non-hydrogen) atoms. The van der Waals surface area contributed by atoms with Crippen LogP contribution in [-0.2, 0) is 4.79 Å². The Hall–Kier alpha value is -1.30. The Balaban J connectivity index is 2.68. The van der Waals surface area contributed by atoms with E-state index in [9.17, 15) is 9.59 Å². The summed E-state index contributed by atoms with van der Waals surface area (Å²) in [5.41, 5.74) is 2.05. The van der Waals surface area contributed by atoms with Crippen LogP contribution < -0.4 is 16.6 Å². The SMILES string of the molecule is CNC(=O)C1CCCCN1C(=O)NN. The second-order valence-corrected chi connectivity index (χ2v) is 3.27. The second-order valence-electron chi connectivity index (χ2n) is 3.27. The van der Waals surface area contributed by atoms with Gasteiger partial charge in [-0.3, -0.25) is 10.2 Å². The van der Waals surface area contributed by atoms with E-state index in [2.05, 4.69) is 10.7 Å². The first-order valence-corrected chi connectivity index (χ1v) is 4.69.